The van der Waals surface area contributed by atoms with Crippen LogP contribution in [0.15, 0.2) is 48.5 Å². The Morgan fingerprint density at radius 1 is 1.12 bits per heavy atom. The summed E-state index contributed by atoms with van der Waals surface area (Å²) >= 11 is 11.8. The van der Waals surface area contributed by atoms with Gasteiger partial charge in [-0.2, -0.15) is 0 Å². The zero-order valence-electron chi connectivity index (χ0n) is 13.1. The average molecular weight is 366 g/mol. The fourth-order valence-electron chi connectivity index (χ4n) is 2.13. The van der Waals surface area contributed by atoms with Crippen LogP contribution in [0.2, 0.25) is 10.0 Å². The van der Waals surface area contributed by atoms with E-state index in [1.165, 1.54) is 0 Å². The van der Waals surface area contributed by atoms with Crippen LogP contribution in [0.5, 0.6) is 0 Å². The number of carbonyl (C=O) groups is 2. The zero-order chi connectivity index (χ0) is 17.5. The van der Waals surface area contributed by atoms with Crippen molar-refractivity contribution in [2.24, 2.45) is 0 Å². The number of benzene rings is 2. The van der Waals surface area contributed by atoms with Crippen molar-refractivity contribution in [2.45, 2.75) is 19.4 Å². The summed E-state index contributed by atoms with van der Waals surface area (Å²) < 4.78 is 4.99. The highest BCUT2D eigenvalue weighted by Gasteiger charge is 2.13. The summed E-state index contributed by atoms with van der Waals surface area (Å²) in [6.45, 7) is 1.53. The van der Waals surface area contributed by atoms with Gasteiger partial charge in [-0.15, -0.1) is 0 Å². The molecule has 4 nitrogen and oxygen atoms in total. The molecule has 0 radical (unpaired) electrons. The molecule has 0 aromatic heterocycles. The number of carbonyl (C=O) groups excluding carboxylic acids is 2. The van der Waals surface area contributed by atoms with E-state index in [-0.39, 0.29) is 25.0 Å². The second kappa shape index (κ2) is 8.71. The highest BCUT2D eigenvalue weighted by Crippen LogP contribution is 2.21. The minimum Gasteiger partial charge on any atom is -0.455 e. The Kier molecular flexibility index (Phi) is 6.64. The van der Waals surface area contributed by atoms with Crippen molar-refractivity contribution in [2.75, 3.05) is 6.61 Å². The van der Waals surface area contributed by atoms with Gasteiger partial charge >= 0.3 is 5.97 Å². The van der Waals surface area contributed by atoms with E-state index < -0.39 is 5.97 Å². The number of amides is 1. The van der Waals surface area contributed by atoms with Gasteiger partial charge in [0, 0.05) is 10.0 Å². The molecular weight excluding hydrogens is 349 g/mol. The lowest BCUT2D eigenvalue weighted by atomic mass is 10.1. The molecule has 1 atom stereocenters. The molecule has 0 aliphatic carbocycles. The molecule has 0 unspecified atom stereocenters. The monoisotopic (exact) mass is 365 g/mol. The van der Waals surface area contributed by atoms with Crippen molar-refractivity contribution in [3.8, 4) is 0 Å². The van der Waals surface area contributed by atoms with Crippen molar-refractivity contribution in [3.63, 3.8) is 0 Å². The van der Waals surface area contributed by atoms with E-state index in [0.717, 1.165) is 5.56 Å². The molecule has 2 aromatic rings. The molecular formula is C18H17Cl2NO3. The van der Waals surface area contributed by atoms with Gasteiger partial charge in [-0.3, -0.25) is 9.59 Å². The lowest BCUT2D eigenvalue weighted by Crippen LogP contribution is -2.31. The Morgan fingerprint density at radius 2 is 1.83 bits per heavy atom. The predicted molar refractivity (Wildman–Crippen MR) is 94.1 cm³/mol. The number of rotatable bonds is 6. The van der Waals surface area contributed by atoms with Crippen LogP contribution in [0.25, 0.3) is 0 Å². The molecule has 0 aliphatic heterocycles. The fraction of sp³-hybridized carbons (Fsp3) is 0.222. The van der Waals surface area contributed by atoms with E-state index in [0.29, 0.717) is 15.6 Å². The molecule has 0 saturated heterocycles. The van der Waals surface area contributed by atoms with E-state index in [1.54, 1.807) is 18.2 Å². The number of nitrogens with one attached hydrogen (secondary N) is 1. The van der Waals surface area contributed by atoms with Crippen molar-refractivity contribution in [3.05, 3.63) is 69.7 Å². The summed E-state index contributed by atoms with van der Waals surface area (Å²) in [6, 6.07) is 14.2. The minimum atomic E-state index is -0.526. The number of hydrogen-bond donors (Lipinski definition) is 1. The Morgan fingerprint density at radius 3 is 2.50 bits per heavy atom. The van der Waals surface area contributed by atoms with Crippen molar-refractivity contribution in [1.82, 2.24) is 5.32 Å². The van der Waals surface area contributed by atoms with E-state index in [4.69, 9.17) is 27.9 Å². The third kappa shape index (κ3) is 5.55. The molecule has 2 rings (SSSR count). The van der Waals surface area contributed by atoms with Crippen LogP contribution in [-0.2, 0) is 20.7 Å². The van der Waals surface area contributed by atoms with Crippen molar-refractivity contribution >= 4 is 35.1 Å². The molecule has 0 spiro atoms. The number of hydrogen-bond acceptors (Lipinski definition) is 3. The summed E-state index contributed by atoms with van der Waals surface area (Å²) in [4.78, 5) is 23.7. The third-order valence-electron chi connectivity index (χ3n) is 3.39. The van der Waals surface area contributed by atoms with Crippen molar-refractivity contribution in [1.29, 1.82) is 0 Å². The van der Waals surface area contributed by atoms with Gasteiger partial charge in [0.05, 0.1) is 12.5 Å². The van der Waals surface area contributed by atoms with E-state index in [2.05, 4.69) is 5.32 Å². The molecule has 1 N–H and O–H groups in total. The largest absolute Gasteiger partial charge is 0.455 e. The molecule has 0 aliphatic rings. The van der Waals surface area contributed by atoms with Crippen molar-refractivity contribution < 1.29 is 14.3 Å². The van der Waals surface area contributed by atoms with Crippen LogP contribution in [-0.4, -0.2) is 18.5 Å². The van der Waals surface area contributed by atoms with Crippen LogP contribution in [0.4, 0.5) is 0 Å². The first-order chi connectivity index (χ1) is 11.5. The minimum absolute atomic E-state index is 0.0163. The molecule has 0 fully saturated rings. The second-order valence-electron chi connectivity index (χ2n) is 5.27. The van der Waals surface area contributed by atoms with Gasteiger partial charge in [-0.1, -0.05) is 59.6 Å². The fourth-order valence-corrected chi connectivity index (χ4v) is 2.60. The van der Waals surface area contributed by atoms with Crippen LogP contribution in [0, 0.1) is 0 Å². The molecule has 24 heavy (non-hydrogen) atoms. The average Bonchev–Trinajstić information content (AvgIpc) is 2.56. The standard InChI is InChI=1S/C18H17Cl2NO3/c1-12(13-5-3-2-4-6-13)21-17(22)11-24-18(23)9-14-7-8-15(19)10-16(14)20/h2-8,10,12H,9,11H2,1H3,(H,21,22)/t12-/m1/s1. The number of esters is 1. The van der Waals surface area contributed by atoms with Gasteiger partial charge in [-0.05, 0) is 30.2 Å². The van der Waals surface area contributed by atoms with Gasteiger partial charge in [0.15, 0.2) is 6.61 Å². The Bertz CT molecular complexity index is 719. The van der Waals surface area contributed by atoms with Crippen LogP contribution >= 0.6 is 23.2 Å². The Labute approximate surface area is 150 Å². The third-order valence-corrected chi connectivity index (χ3v) is 3.98. The highest BCUT2D eigenvalue weighted by molar-refractivity contribution is 6.35. The first-order valence-electron chi connectivity index (χ1n) is 7.39. The first kappa shape index (κ1) is 18.3. The predicted octanol–water partition coefficient (Wildman–Crippen LogP) is 3.96. The second-order valence-corrected chi connectivity index (χ2v) is 6.12. The number of ether oxygens (including phenoxy) is 1. The maximum atomic E-state index is 11.9. The summed E-state index contributed by atoms with van der Waals surface area (Å²) in [5, 5.41) is 3.66. The van der Waals surface area contributed by atoms with Crippen LogP contribution < -0.4 is 5.32 Å². The first-order valence-corrected chi connectivity index (χ1v) is 8.15. The van der Waals surface area contributed by atoms with Crippen LogP contribution in [0.1, 0.15) is 24.1 Å². The molecule has 1 amide bonds. The molecule has 0 heterocycles. The maximum absolute atomic E-state index is 11.9. The number of halogens is 2. The Balaban J connectivity index is 1.80. The van der Waals surface area contributed by atoms with Gasteiger partial charge in [0.2, 0.25) is 0 Å². The van der Waals surface area contributed by atoms with Crippen LogP contribution in [0.3, 0.4) is 0 Å². The van der Waals surface area contributed by atoms with E-state index in [1.807, 2.05) is 37.3 Å². The quantitative estimate of drug-likeness (QED) is 0.788. The maximum Gasteiger partial charge on any atom is 0.310 e. The summed E-state index contributed by atoms with van der Waals surface area (Å²) in [7, 11) is 0. The Hall–Kier alpha value is -2.04. The molecule has 126 valence electrons. The molecule has 0 bridgehead atoms. The lowest BCUT2D eigenvalue weighted by molar-refractivity contribution is -0.148. The zero-order valence-corrected chi connectivity index (χ0v) is 14.6. The van der Waals surface area contributed by atoms with Gasteiger partial charge in [0.1, 0.15) is 0 Å². The van der Waals surface area contributed by atoms with E-state index in [9.17, 15) is 9.59 Å². The van der Waals surface area contributed by atoms with Gasteiger partial charge in [-0.25, -0.2) is 0 Å². The summed E-state index contributed by atoms with van der Waals surface area (Å²) in [6.07, 6.45) is -0.0163. The molecule has 2 aromatic carbocycles. The van der Waals surface area contributed by atoms with Gasteiger partial charge in [0.25, 0.3) is 5.91 Å². The topological polar surface area (TPSA) is 55.4 Å². The lowest BCUT2D eigenvalue weighted by Gasteiger charge is -2.14. The molecule has 6 heteroatoms. The van der Waals surface area contributed by atoms with Gasteiger partial charge < -0.3 is 10.1 Å². The summed E-state index contributed by atoms with van der Waals surface area (Å²) in [5.41, 5.74) is 1.58. The SMILES string of the molecule is C[C@@H](NC(=O)COC(=O)Cc1ccc(Cl)cc1Cl)c1ccccc1. The normalized spacial score (nSPS) is 11.6. The smallest absolute Gasteiger partial charge is 0.310 e. The molecule has 0 saturated carbocycles. The summed E-state index contributed by atoms with van der Waals surface area (Å²) in [5.74, 6) is -0.886. The van der Waals surface area contributed by atoms with E-state index >= 15 is 0 Å². The highest BCUT2D eigenvalue weighted by atomic mass is 35.5.